The summed E-state index contributed by atoms with van der Waals surface area (Å²) >= 11 is 0. The molecule has 0 bridgehead atoms. The molecule has 0 saturated heterocycles. The van der Waals surface area contributed by atoms with Crippen LogP contribution in [0, 0.1) is 12.3 Å². The zero-order chi connectivity index (χ0) is 8.69. The number of ether oxygens (including phenoxy) is 1. The molecule has 1 unspecified atom stereocenters. The molecule has 0 aliphatic rings. The fourth-order valence-electron chi connectivity index (χ4n) is 0.625. The van der Waals surface area contributed by atoms with E-state index in [1.807, 2.05) is 0 Å². The molecule has 1 atom stereocenters. The maximum absolute atomic E-state index is 10.5. The maximum Gasteiger partial charge on any atom is 0.305 e. The van der Waals surface area contributed by atoms with Gasteiger partial charge in [-0.2, -0.15) is 0 Å². The van der Waals surface area contributed by atoms with Crippen LogP contribution in [0.15, 0.2) is 0 Å². The number of carbonyl (C=O) groups excluding carboxylic acids is 1. The Hall–Kier alpha value is -1.01. The first-order valence-corrected chi connectivity index (χ1v) is 3.39. The Morgan fingerprint density at radius 1 is 1.82 bits per heavy atom. The zero-order valence-electron chi connectivity index (χ0n) is 6.54. The number of carbonyl (C=O) groups is 1. The Bertz CT molecular complexity index is 157. The van der Waals surface area contributed by atoms with Crippen LogP contribution in [0.25, 0.3) is 0 Å². The number of hydrogen-bond acceptors (Lipinski definition) is 3. The molecule has 0 radical (unpaired) electrons. The lowest BCUT2D eigenvalue weighted by Crippen LogP contribution is -2.09. The van der Waals surface area contributed by atoms with E-state index in [0.717, 1.165) is 0 Å². The standard InChI is InChI=1S/C8H12O3/c1-3-4-7(9)5-6-8(10)11-2/h1,7,9H,4-6H2,2H3. The molecule has 62 valence electrons. The van der Waals surface area contributed by atoms with Gasteiger partial charge in [-0.25, -0.2) is 0 Å². The molecule has 1 N–H and O–H groups in total. The van der Waals surface area contributed by atoms with Gasteiger partial charge in [-0.05, 0) is 6.42 Å². The number of aliphatic hydroxyl groups is 1. The Morgan fingerprint density at radius 3 is 2.91 bits per heavy atom. The largest absolute Gasteiger partial charge is 0.469 e. The fourth-order valence-corrected chi connectivity index (χ4v) is 0.625. The van der Waals surface area contributed by atoms with Gasteiger partial charge < -0.3 is 9.84 Å². The minimum Gasteiger partial charge on any atom is -0.469 e. The van der Waals surface area contributed by atoms with Gasteiger partial charge in [-0.3, -0.25) is 4.79 Å². The summed E-state index contributed by atoms with van der Waals surface area (Å²) in [5, 5.41) is 9.04. The minimum atomic E-state index is -0.584. The van der Waals surface area contributed by atoms with Crippen LogP contribution in [0.3, 0.4) is 0 Å². The molecule has 0 aliphatic carbocycles. The zero-order valence-corrected chi connectivity index (χ0v) is 6.54. The van der Waals surface area contributed by atoms with E-state index < -0.39 is 6.10 Å². The van der Waals surface area contributed by atoms with E-state index in [2.05, 4.69) is 10.7 Å². The van der Waals surface area contributed by atoms with Gasteiger partial charge in [0, 0.05) is 12.8 Å². The predicted octanol–water partition coefficient (Wildman–Crippen LogP) is 0.324. The molecule has 3 nitrogen and oxygen atoms in total. The molecule has 11 heavy (non-hydrogen) atoms. The number of methoxy groups -OCH3 is 1. The summed E-state index contributed by atoms with van der Waals surface area (Å²) in [6.45, 7) is 0. The van der Waals surface area contributed by atoms with Crippen molar-refractivity contribution >= 4 is 5.97 Å². The predicted molar refractivity (Wildman–Crippen MR) is 40.7 cm³/mol. The summed E-state index contributed by atoms with van der Waals surface area (Å²) in [6.07, 6.45) is 5.24. The average molecular weight is 156 g/mol. The van der Waals surface area contributed by atoms with Crippen LogP contribution >= 0.6 is 0 Å². The molecule has 0 rings (SSSR count). The molecule has 3 heteroatoms. The Kier molecular flexibility index (Phi) is 5.22. The summed E-state index contributed by atoms with van der Waals surface area (Å²) < 4.78 is 4.38. The van der Waals surface area contributed by atoms with Gasteiger partial charge in [-0.15, -0.1) is 12.3 Å². The smallest absolute Gasteiger partial charge is 0.305 e. The lowest BCUT2D eigenvalue weighted by Gasteiger charge is -2.04. The fraction of sp³-hybridized carbons (Fsp3) is 0.625. The van der Waals surface area contributed by atoms with E-state index >= 15 is 0 Å². The van der Waals surface area contributed by atoms with Crippen LogP contribution < -0.4 is 0 Å². The van der Waals surface area contributed by atoms with E-state index in [-0.39, 0.29) is 18.8 Å². The lowest BCUT2D eigenvalue weighted by molar-refractivity contribution is -0.141. The molecule has 0 heterocycles. The van der Waals surface area contributed by atoms with Gasteiger partial charge in [0.2, 0.25) is 0 Å². The van der Waals surface area contributed by atoms with Crippen molar-refractivity contribution in [3.05, 3.63) is 0 Å². The van der Waals surface area contributed by atoms with Gasteiger partial charge in [0.25, 0.3) is 0 Å². The minimum absolute atomic E-state index is 0.222. The molecular weight excluding hydrogens is 144 g/mol. The van der Waals surface area contributed by atoms with E-state index in [0.29, 0.717) is 6.42 Å². The number of aliphatic hydroxyl groups excluding tert-OH is 1. The second kappa shape index (κ2) is 5.75. The van der Waals surface area contributed by atoms with Gasteiger partial charge in [-0.1, -0.05) is 0 Å². The molecule has 0 aromatic heterocycles. The molecule has 0 fully saturated rings. The molecule has 0 aromatic rings. The third kappa shape index (κ3) is 5.43. The van der Waals surface area contributed by atoms with E-state index in [4.69, 9.17) is 11.5 Å². The molecule has 0 saturated carbocycles. The van der Waals surface area contributed by atoms with Crippen LogP contribution in [-0.4, -0.2) is 24.3 Å². The summed E-state index contributed by atoms with van der Waals surface area (Å²) in [5.41, 5.74) is 0. The highest BCUT2D eigenvalue weighted by atomic mass is 16.5. The SMILES string of the molecule is C#CCC(O)CCC(=O)OC. The van der Waals surface area contributed by atoms with Crippen molar-refractivity contribution in [2.24, 2.45) is 0 Å². The van der Waals surface area contributed by atoms with Crippen molar-refractivity contribution in [2.45, 2.75) is 25.4 Å². The second-order valence-corrected chi connectivity index (χ2v) is 2.18. The summed E-state index contributed by atoms with van der Waals surface area (Å²) in [4.78, 5) is 10.5. The van der Waals surface area contributed by atoms with E-state index in [1.165, 1.54) is 7.11 Å². The summed E-state index contributed by atoms with van der Waals surface area (Å²) in [6, 6.07) is 0. The Balaban J connectivity index is 3.39. The average Bonchev–Trinajstić information content (AvgIpc) is 2.01. The first-order valence-electron chi connectivity index (χ1n) is 3.39. The van der Waals surface area contributed by atoms with E-state index in [9.17, 15) is 4.79 Å². The van der Waals surface area contributed by atoms with Crippen LogP contribution in [0.4, 0.5) is 0 Å². The van der Waals surface area contributed by atoms with Crippen molar-refractivity contribution in [1.29, 1.82) is 0 Å². The normalized spacial score (nSPS) is 11.7. The lowest BCUT2D eigenvalue weighted by atomic mass is 10.1. The van der Waals surface area contributed by atoms with Crippen molar-refractivity contribution in [3.63, 3.8) is 0 Å². The van der Waals surface area contributed by atoms with Crippen LogP contribution in [0.1, 0.15) is 19.3 Å². The molecule has 0 aliphatic heterocycles. The van der Waals surface area contributed by atoms with Crippen molar-refractivity contribution < 1.29 is 14.6 Å². The first-order chi connectivity index (χ1) is 5.20. The van der Waals surface area contributed by atoms with Gasteiger partial charge in [0.05, 0.1) is 13.2 Å². The van der Waals surface area contributed by atoms with Crippen molar-refractivity contribution in [1.82, 2.24) is 0 Å². The Morgan fingerprint density at radius 2 is 2.45 bits per heavy atom. The van der Waals surface area contributed by atoms with Gasteiger partial charge >= 0.3 is 5.97 Å². The molecular formula is C8H12O3. The number of rotatable bonds is 4. The monoisotopic (exact) mass is 156 g/mol. The van der Waals surface area contributed by atoms with Crippen molar-refractivity contribution in [2.75, 3.05) is 7.11 Å². The number of hydrogen-bond donors (Lipinski definition) is 1. The highest BCUT2D eigenvalue weighted by molar-refractivity contribution is 5.69. The quantitative estimate of drug-likeness (QED) is 0.471. The maximum atomic E-state index is 10.5. The Labute approximate surface area is 66.4 Å². The molecule has 0 aromatic carbocycles. The van der Waals surface area contributed by atoms with Crippen LogP contribution in [0.5, 0.6) is 0 Å². The summed E-state index contributed by atoms with van der Waals surface area (Å²) in [5.74, 6) is 1.99. The van der Waals surface area contributed by atoms with Crippen LogP contribution in [-0.2, 0) is 9.53 Å². The molecule has 0 amide bonds. The van der Waals surface area contributed by atoms with Gasteiger partial charge in [0.1, 0.15) is 0 Å². The first kappa shape index (κ1) is 9.99. The number of terminal acetylenes is 1. The third-order valence-electron chi connectivity index (χ3n) is 1.26. The van der Waals surface area contributed by atoms with Gasteiger partial charge in [0.15, 0.2) is 0 Å². The topological polar surface area (TPSA) is 46.5 Å². The highest BCUT2D eigenvalue weighted by Gasteiger charge is 2.05. The molecule has 0 spiro atoms. The van der Waals surface area contributed by atoms with E-state index in [1.54, 1.807) is 0 Å². The highest BCUT2D eigenvalue weighted by Crippen LogP contribution is 2.01. The second-order valence-electron chi connectivity index (χ2n) is 2.18. The van der Waals surface area contributed by atoms with Crippen molar-refractivity contribution in [3.8, 4) is 12.3 Å². The third-order valence-corrected chi connectivity index (χ3v) is 1.26. The number of esters is 1. The summed E-state index contributed by atoms with van der Waals surface area (Å²) in [7, 11) is 1.32. The van der Waals surface area contributed by atoms with Crippen LogP contribution in [0.2, 0.25) is 0 Å².